The molecule has 146 valence electrons. The third-order valence-electron chi connectivity index (χ3n) is 4.78. The number of sulfonamides is 1. The van der Waals surface area contributed by atoms with Crippen LogP contribution >= 0.6 is 12.4 Å². The van der Waals surface area contributed by atoms with Crippen molar-refractivity contribution in [1.29, 1.82) is 0 Å². The maximum Gasteiger partial charge on any atom is 0.264 e. The summed E-state index contributed by atoms with van der Waals surface area (Å²) in [7, 11) is -0.631. The molecule has 0 aromatic heterocycles. The van der Waals surface area contributed by atoms with Gasteiger partial charge < -0.3 is 10.2 Å². The number of likely N-dealkylation sites (N-methyl/N-ethyl adjacent to an activating group) is 1. The van der Waals surface area contributed by atoms with E-state index >= 15 is 0 Å². The molecule has 1 heterocycles. The van der Waals surface area contributed by atoms with E-state index in [9.17, 15) is 13.2 Å². The molecule has 1 aliphatic rings. The summed E-state index contributed by atoms with van der Waals surface area (Å²) in [5.41, 5.74) is 0.743. The van der Waals surface area contributed by atoms with Crippen molar-refractivity contribution in [1.82, 2.24) is 10.2 Å². The summed E-state index contributed by atoms with van der Waals surface area (Å²) >= 11 is 0. The van der Waals surface area contributed by atoms with Crippen molar-refractivity contribution in [2.24, 2.45) is 0 Å². The lowest BCUT2D eigenvalue weighted by molar-refractivity contribution is 0.0740. The number of anilines is 1. The van der Waals surface area contributed by atoms with E-state index < -0.39 is 10.0 Å². The van der Waals surface area contributed by atoms with Crippen molar-refractivity contribution < 1.29 is 13.2 Å². The molecule has 1 unspecified atom stereocenters. The van der Waals surface area contributed by atoms with Gasteiger partial charge in [0, 0.05) is 26.7 Å². The van der Waals surface area contributed by atoms with E-state index in [0.717, 1.165) is 19.5 Å². The number of carbonyl (C=O) groups is 1. The number of para-hydroxylation sites is 1. The average molecular weight is 410 g/mol. The Balaban J connectivity index is 0.00000261. The van der Waals surface area contributed by atoms with E-state index in [1.807, 2.05) is 6.07 Å². The highest BCUT2D eigenvalue weighted by molar-refractivity contribution is 7.92. The van der Waals surface area contributed by atoms with Gasteiger partial charge in [0.2, 0.25) is 0 Å². The van der Waals surface area contributed by atoms with Gasteiger partial charge in [-0.1, -0.05) is 30.3 Å². The molecule has 1 aliphatic heterocycles. The van der Waals surface area contributed by atoms with Crippen LogP contribution in [0.25, 0.3) is 0 Å². The zero-order valence-corrected chi connectivity index (χ0v) is 17.0. The van der Waals surface area contributed by atoms with Crippen molar-refractivity contribution in [3.63, 3.8) is 0 Å². The van der Waals surface area contributed by atoms with Gasteiger partial charge in [0.15, 0.2) is 0 Å². The second-order valence-corrected chi connectivity index (χ2v) is 8.30. The monoisotopic (exact) mass is 409 g/mol. The highest BCUT2D eigenvalue weighted by Gasteiger charge is 2.30. The zero-order valence-electron chi connectivity index (χ0n) is 15.3. The molecule has 1 amide bonds. The van der Waals surface area contributed by atoms with Crippen LogP contribution in [0.1, 0.15) is 16.8 Å². The largest absolute Gasteiger partial charge is 0.337 e. The van der Waals surface area contributed by atoms with E-state index in [1.54, 1.807) is 54.4 Å². The van der Waals surface area contributed by atoms with Crippen molar-refractivity contribution in [2.45, 2.75) is 17.4 Å². The fraction of sp³-hybridized carbons (Fsp3) is 0.316. The SMILES string of the molecule is CN(C(=O)c1ccccc1S(=O)(=O)N(C)c1ccccc1)C1CCNC1.Cl. The number of nitrogens with zero attached hydrogens (tertiary/aromatic N) is 2. The van der Waals surface area contributed by atoms with Crippen LogP contribution in [0.3, 0.4) is 0 Å². The van der Waals surface area contributed by atoms with Crippen LogP contribution in [0, 0.1) is 0 Å². The lowest BCUT2D eigenvalue weighted by atomic mass is 10.1. The number of benzene rings is 2. The van der Waals surface area contributed by atoms with E-state index in [4.69, 9.17) is 0 Å². The molecule has 0 bridgehead atoms. The van der Waals surface area contributed by atoms with Gasteiger partial charge in [0.05, 0.1) is 11.3 Å². The molecule has 1 fully saturated rings. The molecule has 0 aliphatic carbocycles. The molecular formula is C19H24ClN3O3S. The van der Waals surface area contributed by atoms with Gasteiger partial charge in [-0.2, -0.15) is 0 Å². The highest BCUT2D eigenvalue weighted by Crippen LogP contribution is 2.25. The third-order valence-corrected chi connectivity index (χ3v) is 6.62. The summed E-state index contributed by atoms with van der Waals surface area (Å²) in [6.07, 6.45) is 0.862. The Morgan fingerprint density at radius 3 is 2.30 bits per heavy atom. The minimum Gasteiger partial charge on any atom is -0.337 e. The van der Waals surface area contributed by atoms with Gasteiger partial charge in [-0.3, -0.25) is 9.10 Å². The summed E-state index contributed by atoms with van der Waals surface area (Å²) in [4.78, 5) is 14.6. The molecule has 0 spiro atoms. The number of nitrogens with one attached hydrogen (secondary N) is 1. The number of carbonyl (C=O) groups excluding carboxylic acids is 1. The number of halogens is 1. The Labute approximate surface area is 166 Å². The summed E-state index contributed by atoms with van der Waals surface area (Å²) in [5, 5.41) is 3.22. The molecule has 2 aromatic carbocycles. The Kier molecular flexibility index (Phi) is 6.86. The van der Waals surface area contributed by atoms with Crippen LogP contribution in [0.4, 0.5) is 5.69 Å². The fourth-order valence-corrected chi connectivity index (χ4v) is 4.50. The molecule has 3 rings (SSSR count). The third kappa shape index (κ3) is 4.26. The van der Waals surface area contributed by atoms with Crippen molar-refractivity contribution in [2.75, 3.05) is 31.5 Å². The Hall–Kier alpha value is -2.09. The topological polar surface area (TPSA) is 69.7 Å². The Morgan fingerprint density at radius 2 is 1.67 bits per heavy atom. The van der Waals surface area contributed by atoms with Crippen LogP contribution in [0.5, 0.6) is 0 Å². The summed E-state index contributed by atoms with van der Waals surface area (Å²) < 4.78 is 27.5. The van der Waals surface area contributed by atoms with Gasteiger partial charge in [0.1, 0.15) is 4.90 Å². The van der Waals surface area contributed by atoms with Crippen LogP contribution in [-0.2, 0) is 10.0 Å². The van der Waals surface area contributed by atoms with Gasteiger partial charge in [-0.25, -0.2) is 8.42 Å². The highest BCUT2D eigenvalue weighted by atomic mass is 35.5. The average Bonchev–Trinajstić information content (AvgIpc) is 3.21. The second-order valence-electron chi connectivity index (χ2n) is 6.37. The Bertz CT molecular complexity index is 884. The van der Waals surface area contributed by atoms with Crippen LogP contribution in [0.2, 0.25) is 0 Å². The molecule has 1 N–H and O–H groups in total. The number of hydrogen-bond acceptors (Lipinski definition) is 4. The number of hydrogen-bond donors (Lipinski definition) is 1. The summed E-state index contributed by atoms with van der Waals surface area (Å²) in [6, 6.07) is 15.3. The standard InChI is InChI=1S/C19H23N3O3S.ClH/c1-21(16-12-13-20-14-16)19(23)17-10-6-7-11-18(17)26(24,25)22(2)15-8-4-3-5-9-15;/h3-11,16,20H,12-14H2,1-2H3;1H. The maximum absolute atomic E-state index is 13.1. The number of rotatable bonds is 5. The molecule has 1 atom stereocenters. The van der Waals surface area contributed by atoms with Gasteiger partial charge in [0.25, 0.3) is 15.9 Å². The first-order chi connectivity index (χ1) is 12.4. The van der Waals surface area contributed by atoms with Gasteiger partial charge in [-0.05, 0) is 37.2 Å². The molecule has 0 radical (unpaired) electrons. The van der Waals surface area contributed by atoms with E-state index in [0.29, 0.717) is 5.69 Å². The quantitative estimate of drug-likeness (QED) is 0.823. The van der Waals surface area contributed by atoms with Crippen molar-refractivity contribution in [3.8, 4) is 0 Å². The van der Waals surface area contributed by atoms with E-state index in [-0.39, 0.29) is 34.8 Å². The molecule has 2 aromatic rings. The van der Waals surface area contributed by atoms with Crippen LogP contribution < -0.4 is 9.62 Å². The molecular weight excluding hydrogens is 386 g/mol. The minimum absolute atomic E-state index is 0. The molecule has 1 saturated heterocycles. The smallest absolute Gasteiger partial charge is 0.264 e. The van der Waals surface area contributed by atoms with Gasteiger partial charge >= 0.3 is 0 Å². The Morgan fingerprint density at radius 1 is 1.04 bits per heavy atom. The predicted molar refractivity (Wildman–Crippen MR) is 109 cm³/mol. The molecule has 0 saturated carbocycles. The fourth-order valence-electron chi connectivity index (χ4n) is 3.12. The minimum atomic E-state index is -3.85. The predicted octanol–water partition coefficient (Wildman–Crippen LogP) is 2.37. The first kappa shape index (κ1) is 21.2. The van der Waals surface area contributed by atoms with Crippen molar-refractivity contribution in [3.05, 3.63) is 60.2 Å². The molecule has 8 heteroatoms. The zero-order chi connectivity index (χ0) is 18.7. The first-order valence-electron chi connectivity index (χ1n) is 8.54. The number of amides is 1. The normalized spacial score (nSPS) is 16.4. The lowest BCUT2D eigenvalue weighted by Crippen LogP contribution is -2.39. The first-order valence-corrected chi connectivity index (χ1v) is 9.98. The van der Waals surface area contributed by atoms with Gasteiger partial charge in [-0.15, -0.1) is 12.4 Å². The van der Waals surface area contributed by atoms with E-state index in [1.165, 1.54) is 17.4 Å². The van der Waals surface area contributed by atoms with E-state index in [2.05, 4.69) is 5.32 Å². The summed E-state index contributed by atoms with van der Waals surface area (Å²) in [6.45, 7) is 1.58. The molecule has 27 heavy (non-hydrogen) atoms. The second kappa shape index (κ2) is 8.73. The van der Waals surface area contributed by atoms with Crippen molar-refractivity contribution >= 4 is 34.0 Å². The maximum atomic E-state index is 13.1. The summed E-state index contributed by atoms with van der Waals surface area (Å²) in [5.74, 6) is -0.278. The lowest BCUT2D eigenvalue weighted by Gasteiger charge is -2.26. The van der Waals surface area contributed by atoms with Crippen LogP contribution in [0.15, 0.2) is 59.5 Å². The molecule has 6 nitrogen and oxygen atoms in total. The van der Waals surface area contributed by atoms with Crippen LogP contribution in [-0.4, -0.2) is 52.5 Å².